The molecule has 1 aliphatic rings. The van der Waals surface area contributed by atoms with Crippen molar-refractivity contribution in [2.45, 2.75) is 25.2 Å². The number of hydrogen-bond donors (Lipinski definition) is 2. The first-order valence-corrected chi connectivity index (χ1v) is 6.82. The van der Waals surface area contributed by atoms with E-state index in [0.29, 0.717) is 11.5 Å². The van der Waals surface area contributed by atoms with Gasteiger partial charge in [-0.2, -0.15) is 0 Å². The maximum Gasteiger partial charge on any atom is 0.335 e. The lowest BCUT2D eigenvalue weighted by Gasteiger charge is -2.25. The topological polar surface area (TPSA) is 57.5 Å². The lowest BCUT2D eigenvalue weighted by molar-refractivity contribution is 0.0696. The summed E-state index contributed by atoms with van der Waals surface area (Å²) >= 11 is 0. The number of aromatic carboxylic acids is 1. The first kappa shape index (κ1) is 12.7. The van der Waals surface area contributed by atoms with Crippen molar-refractivity contribution in [3.8, 4) is 16.9 Å². The predicted molar refractivity (Wildman–Crippen MR) is 77.1 cm³/mol. The highest BCUT2D eigenvalue weighted by Gasteiger charge is 2.19. The second kappa shape index (κ2) is 5.00. The maximum absolute atomic E-state index is 10.8. The zero-order valence-electron chi connectivity index (χ0n) is 11.0. The molecule has 0 heterocycles. The molecule has 0 bridgehead atoms. The van der Waals surface area contributed by atoms with Crippen LogP contribution in [0, 0.1) is 0 Å². The summed E-state index contributed by atoms with van der Waals surface area (Å²) < 4.78 is 0. The van der Waals surface area contributed by atoms with E-state index in [1.807, 2.05) is 12.1 Å². The second-order valence-corrected chi connectivity index (χ2v) is 5.29. The van der Waals surface area contributed by atoms with E-state index in [1.165, 1.54) is 37.0 Å². The summed E-state index contributed by atoms with van der Waals surface area (Å²) in [4.78, 5) is 10.8. The average molecular weight is 268 g/mol. The Bertz CT molecular complexity index is 640. The predicted octanol–water partition coefficient (Wildman–Crippen LogP) is 4.02. The quantitative estimate of drug-likeness (QED) is 0.883. The van der Waals surface area contributed by atoms with Gasteiger partial charge in [-0.15, -0.1) is 0 Å². The third-order valence-electron chi connectivity index (χ3n) is 4.04. The van der Waals surface area contributed by atoms with Crippen LogP contribution >= 0.6 is 0 Å². The smallest absolute Gasteiger partial charge is 0.335 e. The highest BCUT2D eigenvalue weighted by atomic mass is 16.4. The number of phenolic OH excluding ortho intramolecular Hbond substituents is 1. The van der Waals surface area contributed by atoms with Crippen LogP contribution in [-0.4, -0.2) is 16.2 Å². The number of carboxylic acid groups (broad SMARTS) is 1. The standard InChI is InChI=1S/C17H16O3/c18-16-10-14(17(19)20)8-9-15(16)13-6-4-12(5-7-13)11-2-1-3-11/h4-11,18H,1-3H2,(H,19,20). The molecule has 0 amide bonds. The normalized spacial score (nSPS) is 14.8. The minimum Gasteiger partial charge on any atom is -0.507 e. The molecule has 0 unspecified atom stereocenters. The molecule has 1 fully saturated rings. The molecule has 0 spiro atoms. The van der Waals surface area contributed by atoms with Gasteiger partial charge in [-0.1, -0.05) is 30.7 Å². The SMILES string of the molecule is O=C(O)c1ccc(-c2ccc(C3CCC3)cc2)c(O)c1. The van der Waals surface area contributed by atoms with E-state index >= 15 is 0 Å². The molecule has 3 heteroatoms. The first-order valence-electron chi connectivity index (χ1n) is 6.82. The number of benzene rings is 2. The van der Waals surface area contributed by atoms with Crippen molar-refractivity contribution in [3.63, 3.8) is 0 Å². The summed E-state index contributed by atoms with van der Waals surface area (Å²) in [5.74, 6) is -0.347. The number of rotatable bonds is 3. The van der Waals surface area contributed by atoms with E-state index < -0.39 is 5.97 Å². The molecule has 2 aromatic rings. The lowest BCUT2D eigenvalue weighted by Crippen LogP contribution is -2.08. The summed E-state index contributed by atoms with van der Waals surface area (Å²) in [6, 6.07) is 12.6. The maximum atomic E-state index is 10.8. The second-order valence-electron chi connectivity index (χ2n) is 5.29. The molecule has 0 saturated heterocycles. The molecule has 0 aliphatic heterocycles. The molecular formula is C17H16O3. The van der Waals surface area contributed by atoms with Crippen LogP contribution in [0.1, 0.15) is 41.1 Å². The van der Waals surface area contributed by atoms with Gasteiger partial charge in [0.2, 0.25) is 0 Å². The Morgan fingerprint density at radius 1 is 1.05 bits per heavy atom. The number of hydrogen-bond acceptors (Lipinski definition) is 2. The average Bonchev–Trinajstić information content (AvgIpc) is 2.37. The van der Waals surface area contributed by atoms with E-state index in [9.17, 15) is 9.90 Å². The third kappa shape index (κ3) is 2.27. The van der Waals surface area contributed by atoms with Gasteiger partial charge in [-0.25, -0.2) is 4.79 Å². The molecule has 20 heavy (non-hydrogen) atoms. The van der Waals surface area contributed by atoms with Crippen LogP contribution in [0.5, 0.6) is 5.75 Å². The molecule has 102 valence electrons. The van der Waals surface area contributed by atoms with Crippen molar-refractivity contribution in [2.75, 3.05) is 0 Å². The molecule has 0 atom stereocenters. The number of carbonyl (C=O) groups is 1. The molecular weight excluding hydrogens is 252 g/mol. The van der Waals surface area contributed by atoms with Crippen LogP contribution < -0.4 is 0 Å². The summed E-state index contributed by atoms with van der Waals surface area (Å²) in [5, 5.41) is 18.9. The van der Waals surface area contributed by atoms with Gasteiger partial charge in [0, 0.05) is 5.56 Å². The van der Waals surface area contributed by atoms with Gasteiger partial charge in [0.05, 0.1) is 5.56 Å². The van der Waals surface area contributed by atoms with Crippen LogP contribution in [0.2, 0.25) is 0 Å². The van der Waals surface area contributed by atoms with Crippen LogP contribution in [-0.2, 0) is 0 Å². The van der Waals surface area contributed by atoms with Crippen molar-refractivity contribution in [1.29, 1.82) is 0 Å². The first-order chi connectivity index (χ1) is 9.65. The molecule has 0 aromatic heterocycles. The Kier molecular flexibility index (Phi) is 3.18. The Morgan fingerprint density at radius 3 is 2.25 bits per heavy atom. The zero-order valence-corrected chi connectivity index (χ0v) is 11.0. The number of phenols is 1. The fraction of sp³-hybridized carbons (Fsp3) is 0.235. The molecule has 0 radical (unpaired) electrons. The minimum atomic E-state index is -1.04. The third-order valence-corrected chi connectivity index (χ3v) is 4.04. The number of carboxylic acids is 1. The van der Waals surface area contributed by atoms with Crippen LogP contribution in [0.3, 0.4) is 0 Å². The van der Waals surface area contributed by atoms with E-state index in [-0.39, 0.29) is 11.3 Å². The van der Waals surface area contributed by atoms with Crippen molar-refractivity contribution < 1.29 is 15.0 Å². The highest BCUT2D eigenvalue weighted by molar-refractivity contribution is 5.89. The van der Waals surface area contributed by atoms with Crippen molar-refractivity contribution in [3.05, 3.63) is 53.6 Å². The van der Waals surface area contributed by atoms with Crippen molar-refractivity contribution in [1.82, 2.24) is 0 Å². The van der Waals surface area contributed by atoms with Gasteiger partial charge in [0.25, 0.3) is 0 Å². The van der Waals surface area contributed by atoms with Gasteiger partial charge in [0.1, 0.15) is 5.75 Å². The Balaban J connectivity index is 1.90. The molecule has 2 aromatic carbocycles. The molecule has 3 nitrogen and oxygen atoms in total. The van der Waals surface area contributed by atoms with Crippen molar-refractivity contribution >= 4 is 5.97 Å². The van der Waals surface area contributed by atoms with E-state index in [0.717, 1.165) is 5.56 Å². The van der Waals surface area contributed by atoms with Gasteiger partial charge < -0.3 is 10.2 Å². The minimum absolute atomic E-state index is 0.00120. The van der Waals surface area contributed by atoms with E-state index in [4.69, 9.17) is 5.11 Å². The summed E-state index contributed by atoms with van der Waals surface area (Å²) in [6.07, 6.45) is 3.83. The van der Waals surface area contributed by atoms with Crippen LogP contribution in [0.4, 0.5) is 0 Å². The Morgan fingerprint density at radius 2 is 1.75 bits per heavy atom. The van der Waals surface area contributed by atoms with Crippen LogP contribution in [0.25, 0.3) is 11.1 Å². The fourth-order valence-corrected chi connectivity index (χ4v) is 2.59. The summed E-state index contributed by atoms with van der Waals surface area (Å²) in [6.45, 7) is 0. The monoisotopic (exact) mass is 268 g/mol. The van der Waals surface area contributed by atoms with E-state index in [1.54, 1.807) is 6.07 Å². The number of aromatic hydroxyl groups is 1. The highest BCUT2D eigenvalue weighted by Crippen LogP contribution is 2.37. The summed E-state index contributed by atoms with van der Waals surface area (Å²) in [7, 11) is 0. The van der Waals surface area contributed by atoms with Crippen molar-refractivity contribution in [2.24, 2.45) is 0 Å². The zero-order chi connectivity index (χ0) is 14.1. The molecule has 1 aliphatic carbocycles. The molecule has 1 saturated carbocycles. The lowest BCUT2D eigenvalue weighted by atomic mass is 9.80. The molecule has 3 rings (SSSR count). The largest absolute Gasteiger partial charge is 0.507 e. The van der Waals surface area contributed by atoms with Gasteiger partial charge in [-0.05, 0) is 48.1 Å². The van der Waals surface area contributed by atoms with Crippen LogP contribution in [0.15, 0.2) is 42.5 Å². The Hall–Kier alpha value is -2.29. The van der Waals surface area contributed by atoms with Gasteiger partial charge in [-0.3, -0.25) is 0 Å². The fourth-order valence-electron chi connectivity index (χ4n) is 2.59. The van der Waals surface area contributed by atoms with Gasteiger partial charge >= 0.3 is 5.97 Å². The molecule has 2 N–H and O–H groups in total. The summed E-state index contributed by atoms with van der Waals surface area (Å²) in [5.41, 5.74) is 3.01. The Labute approximate surface area is 117 Å². The van der Waals surface area contributed by atoms with Gasteiger partial charge in [0.15, 0.2) is 0 Å². The van der Waals surface area contributed by atoms with E-state index in [2.05, 4.69) is 12.1 Å².